The number of carbonyl (C=O) groups excluding carboxylic acids is 1. The van der Waals surface area contributed by atoms with Crippen LogP contribution in [0.5, 0.6) is 0 Å². The Morgan fingerprint density at radius 2 is 2.06 bits per heavy atom. The first-order chi connectivity index (χ1) is 16.8. The van der Waals surface area contributed by atoms with Crippen LogP contribution >= 0.6 is 11.3 Å². The van der Waals surface area contributed by atoms with E-state index in [9.17, 15) is 20.1 Å². The summed E-state index contributed by atoms with van der Waals surface area (Å²) in [7, 11) is 0. The largest absolute Gasteiger partial charge is 0.392 e. The van der Waals surface area contributed by atoms with Gasteiger partial charge in [-0.15, -0.1) is 11.3 Å². The molecule has 1 aromatic rings. The maximum absolute atomic E-state index is 12.8. The molecule has 0 amide bonds. The topological polar surface area (TPSA) is 152 Å². The van der Waals surface area contributed by atoms with Gasteiger partial charge in [0.25, 0.3) is 0 Å². The van der Waals surface area contributed by atoms with E-state index >= 15 is 0 Å². The monoisotopic (exact) mass is 522 g/mol. The minimum absolute atomic E-state index is 0.0349. The van der Waals surface area contributed by atoms with Gasteiger partial charge in [0.1, 0.15) is 10.8 Å². The minimum atomic E-state index is -0.904. The third-order valence-corrected chi connectivity index (χ3v) is 8.64. The fourth-order valence-electron chi connectivity index (χ4n) is 4.58. The highest BCUT2D eigenvalue weighted by molar-refractivity contribution is 7.09. The molecule has 36 heavy (non-hydrogen) atoms. The number of aromatic nitrogens is 1. The predicted molar refractivity (Wildman–Crippen MR) is 141 cm³/mol. The SMILES string of the molecule is C/C(=C\c1csc(CO)n1)[C@H](C[C@@H]1O[C@]1(C)CCC[C@H](C)[C@H](O)[C@@H](C)C(=O)C(C)(C)[C@H](C)O)N=[N+]=[N-]. The van der Waals surface area contributed by atoms with Crippen LogP contribution in [0.15, 0.2) is 16.1 Å². The first-order valence-corrected chi connectivity index (χ1v) is 13.5. The standard InChI is InChI=1S/C26H42N4O5S/c1-15(23(33)17(3)24(34)25(5,6)18(4)32)9-8-10-26(7)21(35-26)12-20(29-30-27)16(2)11-19-14-36-22(13-31)28-19/h11,14-15,17-18,20-21,23,31-33H,8-10,12-13H2,1-7H3/b16-11+/t15-,17+,18-,20-,21-,23-,26+/m0/s1. The number of hydrogen-bond donors (Lipinski definition) is 3. The summed E-state index contributed by atoms with van der Waals surface area (Å²) >= 11 is 1.38. The van der Waals surface area contributed by atoms with Crippen molar-refractivity contribution in [2.45, 2.75) is 111 Å². The van der Waals surface area contributed by atoms with Crippen molar-refractivity contribution in [1.29, 1.82) is 0 Å². The molecule has 0 aliphatic carbocycles. The lowest BCUT2D eigenvalue weighted by molar-refractivity contribution is -0.140. The normalized spacial score (nSPS) is 24.4. The van der Waals surface area contributed by atoms with E-state index in [1.165, 1.54) is 11.3 Å². The van der Waals surface area contributed by atoms with Crippen molar-refractivity contribution in [3.05, 3.63) is 32.1 Å². The number of azide groups is 1. The van der Waals surface area contributed by atoms with Crippen molar-refractivity contribution in [2.75, 3.05) is 0 Å². The lowest BCUT2D eigenvalue weighted by Crippen LogP contribution is -2.43. The number of thiazole rings is 1. The second kappa shape index (κ2) is 12.6. The zero-order valence-electron chi connectivity index (χ0n) is 22.5. The summed E-state index contributed by atoms with van der Waals surface area (Å²) in [5.74, 6) is -0.764. The van der Waals surface area contributed by atoms with Crippen LogP contribution in [0.1, 0.15) is 84.9 Å². The van der Waals surface area contributed by atoms with Crippen LogP contribution in [0.4, 0.5) is 0 Å². The number of epoxide rings is 1. The van der Waals surface area contributed by atoms with Crippen LogP contribution < -0.4 is 0 Å². The lowest BCUT2D eigenvalue weighted by Gasteiger charge is -2.33. The van der Waals surface area contributed by atoms with E-state index in [1.807, 2.05) is 25.3 Å². The van der Waals surface area contributed by atoms with E-state index in [1.54, 1.807) is 27.7 Å². The molecule has 1 saturated heterocycles. The molecule has 0 unspecified atom stereocenters. The maximum Gasteiger partial charge on any atom is 0.146 e. The maximum atomic E-state index is 12.8. The van der Waals surface area contributed by atoms with Crippen molar-refractivity contribution in [2.24, 2.45) is 22.4 Å². The van der Waals surface area contributed by atoms with Gasteiger partial charge in [-0.1, -0.05) is 44.8 Å². The van der Waals surface area contributed by atoms with Gasteiger partial charge in [0.15, 0.2) is 0 Å². The first-order valence-electron chi connectivity index (χ1n) is 12.6. The van der Waals surface area contributed by atoms with Gasteiger partial charge in [-0.05, 0) is 57.6 Å². The van der Waals surface area contributed by atoms with Crippen LogP contribution in [0.3, 0.4) is 0 Å². The summed E-state index contributed by atoms with van der Waals surface area (Å²) in [4.78, 5) is 20.1. The van der Waals surface area contributed by atoms with Crippen LogP contribution in [0.25, 0.3) is 16.5 Å². The molecule has 1 aromatic heterocycles. The van der Waals surface area contributed by atoms with Crippen molar-refractivity contribution in [3.63, 3.8) is 0 Å². The summed E-state index contributed by atoms with van der Waals surface area (Å²) in [6, 6.07) is -0.356. The summed E-state index contributed by atoms with van der Waals surface area (Å²) in [6.45, 7) is 12.6. The molecule has 1 aliphatic rings. The van der Waals surface area contributed by atoms with Crippen LogP contribution in [0, 0.1) is 17.3 Å². The first kappa shape index (κ1) is 30.4. The average Bonchev–Trinajstić information content (AvgIpc) is 3.23. The number of Topliss-reactive ketones (excluding diaryl/α,β-unsaturated/α-hetero) is 1. The molecule has 0 saturated carbocycles. The van der Waals surface area contributed by atoms with Crippen LogP contribution in [-0.2, 0) is 16.1 Å². The molecule has 202 valence electrons. The minimum Gasteiger partial charge on any atom is -0.392 e. The van der Waals surface area contributed by atoms with Crippen LogP contribution in [-0.4, -0.2) is 56.0 Å². The molecule has 0 radical (unpaired) electrons. The summed E-state index contributed by atoms with van der Waals surface area (Å²) < 4.78 is 6.00. The number of rotatable bonds is 15. The highest BCUT2D eigenvalue weighted by Crippen LogP contribution is 2.44. The fraction of sp³-hybridized carbons (Fsp3) is 0.769. The zero-order chi connectivity index (χ0) is 27.3. The molecule has 2 rings (SSSR count). The van der Waals surface area contributed by atoms with Gasteiger partial charge in [0.05, 0.1) is 42.3 Å². The molecule has 3 N–H and O–H groups in total. The van der Waals surface area contributed by atoms with Gasteiger partial charge in [-0.25, -0.2) is 4.98 Å². The quantitative estimate of drug-likeness (QED) is 0.127. The number of ketones is 1. The number of aliphatic hydroxyl groups is 3. The number of aliphatic hydroxyl groups excluding tert-OH is 3. The Hall–Kier alpha value is -1.81. The number of hydrogen-bond acceptors (Lipinski definition) is 8. The van der Waals surface area contributed by atoms with Crippen molar-refractivity contribution in [1.82, 2.24) is 4.98 Å². The Morgan fingerprint density at radius 3 is 2.61 bits per heavy atom. The molecule has 9 nitrogen and oxygen atoms in total. The fourth-order valence-corrected chi connectivity index (χ4v) is 5.19. The number of ether oxygens (including phenoxy) is 1. The van der Waals surface area contributed by atoms with E-state index in [-0.39, 0.29) is 36.1 Å². The Labute approximate surface area is 218 Å². The van der Waals surface area contributed by atoms with E-state index in [2.05, 4.69) is 21.9 Å². The van der Waals surface area contributed by atoms with Gasteiger partial charge in [0, 0.05) is 21.6 Å². The third kappa shape index (κ3) is 7.60. The average molecular weight is 523 g/mol. The highest BCUT2D eigenvalue weighted by Gasteiger charge is 2.52. The molecule has 0 bridgehead atoms. The van der Waals surface area contributed by atoms with Crippen molar-refractivity contribution >= 4 is 23.2 Å². The number of carbonyl (C=O) groups is 1. The summed E-state index contributed by atoms with van der Waals surface area (Å²) in [5, 5.41) is 36.4. The Bertz CT molecular complexity index is 971. The highest BCUT2D eigenvalue weighted by atomic mass is 32.1. The predicted octanol–water partition coefficient (Wildman–Crippen LogP) is 5.04. The molecule has 2 heterocycles. The smallest absolute Gasteiger partial charge is 0.146 e. The van der Waals surface area contributed by atoms with Gasteiger partial charge in [-0.3, -0.25) is 4.79 Å². The molecule has 0 aromatic carbocycles. The van der Waals surface area contributed by atoms with Crippen molar-refractivity contribution < 1.29 is 24.9 Å². The lowest BCUT2D eigenvalue weighted by atomic mass is 9.74. The zero-order valence-corrected chi connectivity index (χ0v) is 23.3. The molecule has 1 fully saturated rings. The second-order valence-electron chi connectivity index (χ2n) is 11.0. The van der Waals surface area contributed by atoms with Gasteiger partial charge in [-0.2, -0.15) is 0 Å². The van der Waals surface area contributed by atoms with Gasteiger partial charge >= 0.3 is 0 Å². The molecule has 1 aliphatic heterocycles. The summed E-state index contributed by atoms with van der Waals surface area (Å²) in [6.07, 6.45) is 3.22. The molecule has 7 atom stereocenters. The van der Waals surface area contributed by atoms with E-state index in [0.29, 0.717) is 11.4 Å². The van der Waals surface area contributed by atoms with E-state index in [4.69, 9.17) is 10.3 Å². The molecular formula is C26H42N4O5S. The third-order valence-electron chi connectivity index (χ3n) is 7.79. The molecule has 0 spiro atoms. The second-order valence-corrected chi connectivity index (χ2v) is 11.9. The molecular weight excluding hydrogens is 480 g/mol. The van der Waals surface area contributed by atoms with E-state index in [0.717, 1.165) is 30.5 Å². The Balaban J connectivity index is 1.88. The van der Waals surface area contributed by atoms with Crippen molar-refractivity contribution in [3.8, 4) is 0 Å². The van der Waals surface area contributed by atoms with Crippen LogP contribution in [0.2, 0.25) is 0 Å². The van der Waals surface area contributed by atoms with Gasteiger partial charge < -0.3 is 20.1 Å². The van der Waals surface area contributed by atoms with E-state index < -0.39 is 23.5 Å². The Morgan fingerprint density at radius 1 is 1.39 bits per heavy atom. The number of nitrogens with zero attached hydrogens (tertiary/aromatic N) is 4. The molecule has 10 heteroatoms. The summed E-state index contributed by atoms with van der Waals surface area (Å²) in [5.41, 5.74) is 9.46. The van der Waals surface area contributed by atoms with Gasteiger partial charge in [0.2, 0.25) is 0 Å². The Kier molecular flexibility index (Phi) is 10.7.